The van der Waals surface area contributed by atoms with E-state index in [-0.39, 0.29) is 6.23 Å². The smallest absolute Gasteiger partial charge is 0.246 e. The average molecular weight is 152 g/mol. The first-order valence-electron chi connectivity index (χ1n) is 3.36. The quantitative estimate of drug-likeness (QED) is 0.568. The van der Waals surface area contributed by atoms with E-state index in [0.29, 0.717) is 5.96 Å². The predicted molar refractivity (Wildman–Crippen MR) is 38.7 cm³/mol. The number of nitrogens with zero attached hydrogens (tertiary/aromatic N) is 3. The Morgan fingerprint density at radius 3 is 3.18 bits per heavy atom. The van der Waals surface area contributed by atoms with Crippen molar-refractivity contribution in [2.45, 2.75) is 13.2 Å². The molecule has 0 aromatic carbocycles. The molecule has 0 amide bonds. The van der Waals surface area contributed by atoms with Crippen LogP contribution in [-0.2, 0) is 4.84 Å². The molecule has 1 aromatic heterocycles. The minimum absolute atomic E-state index is 0.130. The molecule has 1 N–H and O–H groups in total. The summed E-state index contributed by atoms with van der Waals surface area (Å²) in [7, 11) is 0. The Morgan fingerprint density at radius 2 is 2.64 bits per heavy atom. The van der Waals surface area contributed by atoms with Gasteiger partial charge in [0.1, 0.15) is 0 Å². The van der Waals surface area contributed by atoms with E-state index >= 15 is 0 Å². The van der Waals surface area contributed by atoms with Crippen LogP contribution in [0.15, 0.2) is 23.5 Å². The van der Waals surface area contributed by atoms with Gasteiger partial charge >= 0.3 is 0 Å². The van der Waals surface area contributed by atoms with Crippen LogP contribution in [0.1, 0.15) is 6.92 Å². The lowest BCUT2D eigenvalue weighted by Gasteiger charge is -1.97. The van der Waals surface area contributed by atoms with Crippen molar-refractivity contribution in [1.82, 2.24) is 15.3 Å². The van der Waals surface area contributed by atoms with Gasteiger partial charge in [-0.3, -0.25) is 0 Å². The third kappa shape index (κ3) is 1.10. The third-order valence-electron chi connectivity index (χ3n) is 1.35. The van der Waals surface area contributed by atoms with Crippen LogP contribution in [-0.4, -0.2) is 22.0 Å². The van der Waals surface area contributed by atoms with E-state index in [4.69, 9.17) is 4.84 Å². The van der Waals surface area contributed by atoms with Crippen molar-refractivity contribution < 1.29 is 4.84 Å². The zero-order valence-electron chi connectivity index (χ0n) is 6.06. The molecule has 1 atom stereocenters. The van der Waals surface area contributed by atoms with Gasteiger partial charge in [0, 0.05) is 12.4 Å². The Morgan fingerprint density at radius 1 is 1.73 bits per heavy atom. The summed E-state index contributed by atoms with van der Waals surface area (Å²) in [6.45, 7) is 1.85. The van der Waals surface area contributed by atoms with Crippen LogP contribution < -0.4 is 5.48 Å². The van der Waals surface area contributed by atoms with Crippen molar-refractivity contribution in [2.75, 3.05) is 0 Å². The molecule has 1 unspecified atom stereocenters. The molecule has 0 saturated heterocycles. The van der Waals surface area contributed by atoms with Gasteiger partial charge in [0.25, 0.3) is 0 Å². The maximum absolute atomic E-state index is 4.97. The van der Waals surface area contributed by atoms with Crippen LogP contribution in [0.3, 0.4) is 0 Å². The molecule has 0 saturated carbocycles. The van der Waals surface area contributed by atoms with Crippen molar-refractivity contribution in [3.8, 4) is 0 Å². The molecule has 5 heteroatoms. The second kappa shape index (κ2) is 2.35. The zero-order valence-corrected chi connectivity index (χ0v) is 6.06. The fourth-order valence-corrected chi connectivity index (χ4v) is 0.863. The highest BCUT2D eigenvalue weighted by Crippen LogP contribution is 1.99. The maximum Gasteiger partial charge on any atom is 0.246 e. The monoisotopic (exact) mass is 152 g/mol. The van der Waals surface area contributed by atoms with E-state index in [1.165, 1.54) is 0 Å². The molecule has 0 fully saturated rings. The number of aromatic nitrogens is 2. The Hall–Kier alpha value is -1.36. The highest BCUT2D eigenvalue weighted by Gasteiger charge is 2.13. The highest BCUT2D eigenvalue weighted by molar-refractivity contribution is 5.81. The summed E-state index contributed by atoms with van der Waals surface area (Å²) >= 11 is 0. The van der Waals surface area contributed by atoms with Crippen molar-refractivity contribution >= 4 is 5.96 Å². The molecular formula is C6H8N4O. The summed E-state index contributed by atoms with van der Waals surface area (Å²) in [4.78, 5) is 9.09. The lowest BCUT2D eigenvalue weighted by molar-refractivity contribution is 0.0492. The molecule has 11 heavy (non-hydrogen) atoms. The van der Waals surface area contributed by atoms with E-state index in [1.807, 2.05) is 13.0 Å². The molecule has 0 radical (unpaired) electrons. The average Bonchev–Trinajstić information content (AvgIpc) is 2.55. The summed E-state index contributed by atoms with van der Waals surface area (Å²) < 4.78 is 1.61. The summed E-state index contributed by atoms with van der Waals surface area (Å²) in [5, 5.41) is 3.98. The summed E-state index contributed by atoms with van der Waals surface area (Å²) in [6, 6.07) is 1.83. The van der Waals surface area contributed by atoms with Gasteiger partial charge in [0.05, 0.1) is 0 Å². The zero-order chi connectivity index (χ0) is 7.68. The van der Waals surface area contributed by atoms with Crippen LogP contribution in [0.4, 0.5) is 0 Å². The normalized spacial score (nSPS) is 23.0. The fourth-order valence-electron chi connectivity index (χ4n) is 0.863. The maximum atomic E-state index is 4.97. The van der Waals surface area contributed by atoms with Crippen molar-refractivity contribution in [1.29, 1.82) is 0 Å². The van der Waals surface area contributed by atoms with E-state index in [0.717, 1.165) is 0 Å². The van der Waals surface area contributed by atoms with Crippen LogP contribution in [0.2, 0.25) is 0 Å². The second-order valence-electron chi connectivity index (χ2n) is 2.22. The Labute approximate surface area is 63.6 Å². The number of hydroxylamine groups is 1. The first-order chi connectivity index (χ1) is 5.36. The minimum Gasteiger partial charge on any atom is -0.247 e. The first kappa shape index (κ1) is 6.36. The third-order valence-corrected chi connectivity index (χ3v) is 1.35. The van der Waals surface area contributed by atoms with Crippen molar-refractivity contribution in [3.05, 3.63) is 18.5 Å². The number of nitrogens with one attached hydrogen (secondary N) is 1. The lowest BCUT2D eigenvalue weighted by Crippen LogP contribution is -2.25. The second-order valence-corrected chi connectivity index (χ2v) is 2.22. The van der Waals surface area contributed by atoms with Gasteiger partial charge in [-0.05, 0) is 13.0 Å². The summed E-state index contributed by atoms with van der Waals surface area (Å²) in [5.74, 6) is 0.627. The molecule has 2 rings (SSSR count). The number of rotatable bonds is 0. The predicted octanol–water partition coefficient (Wildman–Crippen LogP) is -0.0320. The standard InChI is InChI=1S/C6H8N4O/c1-5-8-6(9-11-5)10-4-2-3-7-10/h2-5H,1H3,(H,8,9). The molecule has 1 aromatic rings. The van der Waals surface area contributed by atoms with Gasteiger partial charge in [-0.25, -0.2) is 20.0 Å². The van der Waals surface area contributed by atoms with Gasteiger partial charge in [-0.1, -0.05) is 0 Å². The Balaban J connectivity index is 2.25. The van der Waals surface area contributed by atoms with Gasteiger partial charge in [-0.15, -0.1) is 0 Å². The Bertz CT molecular complexity index is 266. The van der Waals surface area contributed by atoms with Crippen LogP contribution in [0.5, 0.6) is 0 Å². The van der Waals surface area contributed by atoms with E-state index < -0.39 is 0 Å². The van der Waals surface area contributed by atoms with Gasteiger partial charge < -0.3 is 0 Å². The fraction of sp³-hybridized carbons (Fsp3) is 0.333. The van der Waals surface area contributed by atoms with Crippen LogP contribution >= 0.6 is 0 Å². The number of hydrogen-bond acceptors (Lipinski definition) is 4. The highest BCUT2D eigenvalue weighted by atomic mass is 16.7. The van der Waals surface area contributed by atoms with Crippen molar-refractivity contribution in [2.24, 2.45) is 4.99 Å². The van der Waals surface area contributed by atoms with Crippen LogP contribution in [0.25, 0.3) is 0 Å². The SMILES string of the molecule is CC1N=C(n2cccn2)NO1. The van der Waals surface area contributed by atoms with Gasteiger partial charge in [0.15, 0.2) is 6.23 Å². The molecule has 58 valence electrons. The number of hydrogen-bond donors (Lipinski definition) is 1. The molecule has 0 spiro atoms. The van der Waals surface area contributed by atoms with Gasteiger partial charge in [-0.2, -0.15) is 5.10 Å². The van der Waals surface area contributed by atoms with Crippen LogP contribution in [0, 0.1) is 0 Å². The molecule has 1 aliphatic heterocycles. The summed E-state index contributed by atoms with van der Waals surface area (Å²) in [5.41, 5.74) is 2.66. The molecule has 0 bridgehead atoms. The summed E-state index contributed by atoms with van der Waals surface area (Å²) in [6.07, 6.45) is 3.36. The topological polar surface area (TPSA) is 51.4 Å². The van der Waals surface area contributed by atoms with E-state index in [2.05, 4.69) is 15.6 Å². The molecular weight excluding hydrogens is 144 g/mol. The molecule has 2 heterocycles. The Kier molecular flexibility index (Phi) is 1.36. The molecule has 0 aliphatic carbocycles. The largest absolute Gasteiger partial charge is 0.247 e. The number of aliphatic imine (C=N–C) groups is 1. The van der Waals surface area contributed by atoms with Gasteiger partial charge in [0.2, 0.25) is 5.96 Å². The minimum atomic E-state index is -0.130. The van der Waals surface area contributed by atoms with Crippen molar-refractivity contribution in [3.63, 3.8) is 0 Å². The first-order valence-corrected chi connectivity index (χ1v) is 3.36. The molecule has 1 aliphatic rings. The van der Waals surface area contributed by atoms with E-state index in [9.17, 15) is 0 Å². The lowest BCUT2D eigenvalue weighted by atomic mass is 10.7. The molecule has 5 nitrogen and oxygen atoms in total. The van der Waals surface area contributed by atoms with E-state index in [1.54, 1.807) is 17.1 Å².